The summed E-state index contributed by atoms with van der Waals surface area (Å²) < 4.78 is 13.2. The zero-order valence-electron chi connectivity index (χ0n) is 9.95. The first-order valence-electron chi connectivity index (χ1n) is 5.43. The molecular formula is C12H8FN3O4. The summed E-state index contributed by atoms with van der Waals surface area (Å²) >= 11 is 0. The fourth-order valence-corrected chi connectivity index (χ4v) is 1.59. The number of hydrogen-bond donors (Lipinski definition) is 1. The molecule has 102 valence electrons. The Bertz CT molecular complexity index is 690. The summed E-state index contributed by atoms with van der Waals surface area (Å²) in [6, 6.07) is 8.90. The Morgan fingerprint density at radius 2 is 1.65 bits per heavy atom. The maximum atomic E-state index is 13.2. The summed E-state index contributed by atoms with van der Waals surface area (Å²) in [4.78, 5) is 19.9. The van der Waals surface area contributed by atoms with E-state index in [1.807, 2.05) is 0 Å². The summed E-state index contributed by atoms with van der Waals surface area (Å²) in [6.45, 7) is 0. The third-order valence-corrected chi connectivity index (χ3v) is 2.49. The maximum Gasteiger partial charge on any atom is 0.306 e. The molecule has 2 aromatic rings. The highest BCUT2D eigenvalue weighted by Crippen LogP contribution is 2.25. The lowest BCUT2D eigenvalue weighted by atomic mass is 10.2. The lowest BCUT2D eigenvalue weighted by Gasteiger charge is -2.06. The molecule has 7 nitrogen and oxygen atoms in total. The molecule has 0 atom stereocenters. The van der Waals surface area contributed by atoms with Gasteiger partial charge in [-0.1, -0.05) is 6.07 Å². The average molecular weight is 277 g/mol. The lowest BCUT2D eigenvalue weighted by molar-refractivity contribution is -0.387. The van der Waals surface area contributed by atoms with Crippen LogP contribution in [0.3, 0.4) is 0 Å². The number of anilines is 2. The number of rotatable bonds is 4. The van der Waals surface area contributed by atoms with E-state index in [9.17, 15) is 24.6 Å². The van der Waals surface area contributed by atoms with Crippen LogP contribution in [0.2, 0.25) is 0 Å². The Kier molecular flexibility index (Phi) is 3.56. The van der Waals surface area contributed by atoms with E-state index in [1.54, 1.807) is 6.07 Å². The standard InChI is InChI=1S/C12H8FN3O4/c13-11-5-4-9(7-12(11)16(19)20)14-8-2-1-3-10(6-8)15(17)18/h1-7,14H. The van der Waals surface area contributed by atoms with Gasteiger partial charge in [-0.3, -0.25) is 20.2 Å². The fourth-order valence-electron chi connectivity index (χ4n) is 1.59. The van der Waals surface area contributed by atoms with Gasteiger partial charge in [0.05, 0.1) is 9.85 Å². The maximum absolute atomic E-state index is 13.2. The highest BCUT2D eigenvalue weighted by atomic mass is 19.1. The van der Waals surface area contributed by atoms with Gasteiger partial charge in [-0.2, -0.15) is 4.39 Å². The van der Waals surface area contributed by atoms with Crippen molar-refractivity contribution in [1.29, 1.82) is 0 Å². The monoisotopic (exact) mass is 277 g/mol. The van der Waals surface area contributed by atoms with Gasteiger partial charge in [0.1, 0.15) is 0 Å². The second kappa shape index (κ2) is 5.31. The van der Waals surface area contributed by atoms with Gasteiger partial charge in [0.15, 0.2) is 0 Å². The topological polar surface area (TPSA) is 98.3 Å². The van der Waals surface area contributed by atoms with E-state index in [0.29, 0.717) is 5.69 Å². The number of benzene rings is 2. The Labute approximate surface area is 112 Å². The van der Waals surface area contributed by atoms with E-state index in [-0.39, 0.29) is 11.4 Å². The Morgan fingerprint density at radius 3 is 2.30 bits per heavy atom. The Morgan fingerprint density at radius 1 is 0.950 bits per heavy atom. The van der Waals surface area contributed by atoms with E-state index in [0.717, 1.165) is 12.1 Å². The zero-order chi connectivity index (χ0) is 14.7. The van der Waals surface area contributed by atoms with Gasteiger partial charge < -0.3 is 5.32 Å². The second-order valence-electron chi connectivity index (χ2n) is 3.86. The number of hydrogen-bond acceptors (Lipinski definition) is 5. The Balaban J connectivity index is 2.30. The van der Waals surface area contributed by atoms with Crippen molar-refractivity contribution in [3.05, 3.63) is 68.5 Å². The molecule has 0 unspecified atom stereocenters. The van der Waals surface area contributed by atoms with Crippen molar-refractivity contribution in [3.8, 4) is 0 Å². The molecule has 0 fully saturated rings. The first-order chi connectivity index (χ1) is 9.47. The average Bonchev–Trinajstić information content (AvgIpc) is 2.41. The molecule has 0 radical (unpaired) electrons. The molecule has 0 spiro atoms. The van der Waals surface area contributed by atoms with Crippen molar-refractivity contribution in [3.63, 3.8) is 0 Å². The van der Waals surface area contributed by atoms with Crippen LogP contribution >= 0.6 is 0 Å². The Hall–Kier alpha value is -3.03. The van der Waals surface area contributed by atoms with Crippen LogP contribution < -0.4 is 5.32 Å². The molecule has 0 aliphatic carbocycles. The summed E-state index contributed by atoms with van der Waals surface area (Å²) in [6.07, 6.45) is 0. The molecule has 0 bridgehead atoms. The molecule has 0 saturated carbocycles. The lowest BCUT2D eigenvalue weighted by Crippen LogP contribution is -1.96. The van der Waals surface area contributed by atoms with E-state index < -0.39 is 21.4 Å². The highest BCUT2D eigenvalue weighted by molar-refractivity contribution is 5.64. The largest absolute Gasteiger partial charge is 0.355 e. The smallest absolute Gasteiger partial charge is 0.306 e. The quantitative estimate of drug-likeness (QED) is 0.682. The molecule has 0 aromatic heterocycles. The number of nitro groups is 2. The minimum absolute atomic E-state index is 0.119. The van der Waals surface area contributed by atoms with Crippen molar-refractivity contribution >= 4 is 22.7 Å². The molecule has 0 saturated heterocycles. The van der Waals surface area contributed by atoms with Gasteiger partial charge in [-0.05, 0) is 18.2 Å². The third kappa shape index (κ3) is 2.86. The summed E-state index contributed by atoms with van der Waals surface area (Å²) in [5.41, 5.74) is -0.147. The van der Waals surface area contributed by atoms with Gasteiger partial charge in [0.2, 0.25) is 5.82 Å². The summed E-state index contributed by atoms with van der Waals surface area (Å²) in [5.74, 6) is -0.945. The van der Waals surface area contributed by atoms with Crippen molar-refractivity contribution in [2.45, 2.75) is 0 Å². The van der Waals surface area contributed by atoms with E-state index in [4.69, 9.17) is 0 Å². The van der Waals surface area contributed by atoms with Crippen LogP contribution in [0, 0.1) is 26.0 Å². The molecule has 1 N–H and O–H groups in total. The van der Waals surface area contributed by atoms with Gasteiger partial charge in [-0.25, -0.2) is 0 Å². The van der Waals surface area contributed by atoms with Crippen molar-refractivity contribution in [2.75, 3.05) is 5.32 Å². The van der Waals surface area contributed by atoms with E-state index in [2.05, 4.69) is 5.32 Å². The summed E-state index contributed by atoms with van der Waals surface area (Å²) in [5, 5.41) is 24.0. The van der Waals surface area contributed by atoms with Crippen LogP contribution in [0.15, 0.2) is 42.5 Å². The van der Waals surface area contributed by atoms with Crippen LogP contribution in [-0.4, -0.2) is 9.85 Å². The minimum Gasteiger partial charge on any atom is -0.355 e. The first-order valence-corrected chi connectivity index (χ1v) is 5.43. The molecule has 2 aromatic carbocycles. The van der Waals surface area contributed by atoms with Crippen molar-refractivity contribution < 1.29 is 14.2 Å². The fraction of sp³-hybridized carbons (Fsp3) is 0. The molecule has 2 rings (SSSR count). The van der Waals surface area contributed by atoms with Gasteiger partial charge in [0.25, 0.3) is 5.69 Å². The van der Waals surface area contributed by atoms with Gasteiger partial charge in [0, 0.05) is 29.6 Å². The van der Waals surface area contributed by atoms with Crippen molar-refractivity contribution in [1.82, 2.24) is 0 Å². The summed E-state index contributed by atoms with van der Waals surface area (Å²) in [7, 11) is 0. The normalized spacial score (nSPS) is 10.1. The van der Waals surface area contributed by atoms with Crippen LogP contribution in [0.25, 0.3) is 0 Å². The number of halogens is 1. The van der Waals surface area contributed by atoms with Crippen LogP contribution in [0.1, 0.15) is 0 Å². The SMILES string of the molecule is O=[N+]([O-])c1cccc(Nc2ccc(F)c([N+](=O)[O-])c2)c1. The van der Waals surface area contributed by atoms with Crippen LogP contribution in [0.4, 0.5) is 27.1 Å². The van der Waals surface area contributed by atoms with Crippen LogP contribution in [-0.2, 0) is 0 Å². The van der Waals surface area contributed by atoms with Crippen molar-refractivity contribution in [2.24, 2.45) is 0 Å². The molecule has 0 heterocycles. The second-order valence-corrected chi connectivity index (χ2v) is 3.86. The van der Waals surface area contributed by atoms with Gasteiger partial charge in [-0.15, -0.1) is 0 Å². The van der Waals surface area contributed by atoms with E-state index >= 15 is 0 Å². The number of nitrogens with zero attached hydrogens (tertiary/aromatic N) is 2. The number of nitro benzene ring substituents is 2. The van der Waals surface area contributed by atoms with E-state index in [1.165, 1.54) is 24.3 Å². The van der Waals surface area contributed by atoms with Gasteiger partial charge >= 0.3 is 5.69 Å². The minimum atomic E-state index is -0.945. The first kappa shape index (κ1) is 13.4. The number of nitrogens with one attached hydrogen (secondary N) is 1. The van der Waals surface area contributed by atoms with Crippen LogP contribution in [0.5, 0.6) is 0 Å². The molecule has 8 heteroatoms. The molecular weight excluding hydrogens is 269 g/mol. The molecule has 0 aliphatic rings. The third-order valence-electron chi connectivity index (χ3n) is 2.49. The highest BCUT2D eigenvalue weighted by Gasteiger charge is 2.14. The molecule has 20 heavy (non-hydrogen) atoms. The predicted molar refractivity (Wildman–Crippen MR) is 69.4 cm³/mol. The predicted octanol–water partition coefficient (Wildman–Crippen LogP) is 3.39. The number of non-ortho nitro benzene ring substituents is 1. The molecule has 0 aliphatic heterocycles. The zero-order valence-corrected chi connectivity index (χ0v) is 9.95. The molecule has 0 amide bonds.